The summed E-state index contributed by atoms with van der Waals surface area (Å²) in [7, 11) is 2.95. The van der Waals surface area contributed by atoms with Gasteiger partial charge >= 0.3 is 0 Å². The van der Waals surface area contributed by atoms with Crippen molar-refractivity contribution >= 4 is 6.08 Å². The number of benzene rings is 2. The number of methoxy groups -OCH3 is 2. The van der Waals surface area contributed by atoms with Crippen molar-refractivity contribution in [2.75, 3.05) is 34.0 Å². The van der Waals surface area contributed by atoms with Gasteiger partial charge in [-0.15, -0.1) is 0 Å². The second kappa shape index (κ2) is 11.7. The molecule has 4 rings (SSSR count). The number of hydrogen-bond acceptors (Lipinski definition) is 11. The molecule has 0 aliphatic carbocycles. The van der Waals surface area contributed by atoms with Crippen molar-refractivity contribution in [1.29, 1.82) is 0 Å². The van der Waals surface area contributed by atoms with Crippen molar-refractivity contribution in [3.05, 3.63) is 53.1 Å². The molecular weight excluding hydrogens is 488 g/mol. The molecule has 0 bridgehead atoms. The molecule has 0 saturated carbocycles. The van der Waals surface area contributed by atoms with Crippen LogP contribution in [-0.4, -0.2) is 95.4 Å². The fourth-order valence-electron chi connectivity index (χ4n) is 4.60. The van der Waals surface area contributed by atoms with Crippen LogP contribution in [0.15, 0.2) is 36.4 Å². The molecular formula is C26H32O11. The predicted octanol–water partition coefficient (Wildman–Crippen LogP) is 0.0976. The number of fused-ring (bicyclic) bond motifs is 1. The number of hydrogen-bond donors (Lipinski definition) is 6. The van der Waals surface area contributed by atoms with E-state index in [2.05, 4.69) is 0 Å². The second-order valence-electron chi connectivity index (χ2n) is 8.78. The van der Waals surface area contributed by atoms with Crippen LogP contribution in [0.25, 0.3) is 6.08 Å². The summed E-state index contributed by atoms with van der Waals surface area (Å²) in [6.07, 6.45) is -4.38. The normalized spacial score (nSPS) is 29.1. The van der Waals surface area contributed by atoms with E-state index in [-0.39, 0.29) is 24.7 Å². The first-order valence-corrected chi connectivity index (χ1v) is 11.8. The van der Waals surface area contributed by atoms with Gasteiger partial charge in [-0.2, -0.15) is 0 Å². The zero-order valence-corrected chi connectivity index (χ0v) is 20.4. The highest BCUT2D eigenvalue weighted by Gasteiger charge is 2.45. The monoisotopic (exact) mass is 520 g/mol. The molecule has 11 nitrogen and oxygen atoms in total. The van der Waals surface area contributed by atoms with E-state index in [1.54, 1.807) is 36.4 Å². The predicted molar refractivity (Wildman–Crippen MR) is 130 cm³/mol. The lowest BCUT2D eigenvalue weighted by Gasteiger charge is -2.39. The van der Waals surface area contributed by atoms with E-state index >= 15 is 0 Å². The number of aliphatic hydroxyl groups excluding tert-OH is 6. The molecule has 2 aromatic carbocycles. The maximum absolute atomic E-state index is 10.3. The van der Waals surface area contributed by atoms with E-state index in [9.17, 15) is 25.5 Å². The van der Waals surface area contributed by atoms with E-state index in [0.717, 1.165) is 11.1 Å². The average molecular weight is 521 g/mol. The number of aliphatic hydroxyl groups is 6. The third-order valence-corrected chi connectivity index (χ3v) is 6.56. The van der Waals surface area contributed by atoms with Crippen LogP contribution in [0.3, 0.4) is 0 Å². The van der Waals surface area contributed by atoms with Gasteiger partial charge in [0.2, 0.25) is 6.29 Å². The molecule has 0 amide bonds. The molecule has 2 aliphatic rings. The first kappa shape index (κ1) is 27.1. The molecule has 0 spiro atoms. The summed E-state index contributed by atoms with van der Waals surface area (Å²) in [4.78, 5) is 0. The molecule has 1 saturated heterocycles. The SMILES string of the molecule is COc1cc([C@@H]2Oc3c(OC)cc(C=CCO)cc3[C@H]2CO)ccc1O[C@H]1O[C@@H](CO)[C@@H](O)[C@@H](O)[C@H]1O. The molecule has 2 aromatic rings. The minimum atomic E-state index is -1.58. The topological polar surface area (TPSA) is 168 Å². The van der Waals surface area contributed by atoms with E-state index < -0.39 is 49.3 Å². The molecule has 0 unspecified atom stereocenters. The smallest absolute Gasteiger partial charge is 0.229 e. The van der Waals surface area contributed by atoms with E-state index in [0.29, 0.717) is 17.1 Å². The van der Waals surface area contributed by atoms with Gasteiger partial charge in [-0.3, -0.25) is 0 Å². The van der Waals surface area contributed by atoms with Crippen LogP contribution in [0.5, 0.6) is 23.0 Å². The molecule has 202 valence electrons. The van der Waals surface area contributed by atoms with Gasteiger partial charge in [0.15, 0.2) is 23.0 Å². The van der Waals surface area contributed by atoms with Gasteiger partial charge in [0.05, 0.1) is 40.0 Å². The maximum Gasteiger partial charge on any atom is 0.229 e. The first-order chi connectivity index (χ1) is 17.9. The fourth-order valence-corrected chi connectivity index (χ4v) is 4.60. The van der Waals surface area contributed by atoms with Crippen molar-refractivity contribution in [3.8, 4) is 23.0 Å². The highest BCUT2D eigenvalue weighted by atomic mass is 16.7. The fraction of sp³-hybridized carbons (Fsp3) is 0.462. The largest absolute Gasteiger partial charge is 0.493 e. The Morgan fingerprint density at radius 2 is 1.62 bits per heavy atom. The van der Waals surface area contributed by atoms with Crippen molar-refractivity contribution in [1.82, 2.24) is 0 Å². The van der Waals surface area contributed by atoms with Gasteiger partial charge in [-0.25, -0.2) is 0 Å². The lowest BCUT2D eigenvalue weighted by Crippen LogP contribution is -2.60. The quantitative estimate of drug-likeness (QED) is 0.265. The number of rotatable bonds is 9. The molecule has 0 aromatic heterocycles. The average Bonchev–Trinajstić information content (AvgIpc) is 3.30. The minimum absolute atomic E-state index is 0.112. The van der Waals surface area contributed by atoms with Crippen molar-refractivity contribution in [2.45, 2.75) is 42.7 Å². The number of ether oxygens (including phenoxy) is 5. The van der Waals surface area contributed by atoms with Gasteiger partial charge in [-0.05, 0) is 35.4 Å². The van der Waals surface area contributed by atoms with Gasteiger partial charge in [0, 0.05) is 5.56 Å². The zero-order valence-electron chi connectivity index (χ0n) is 20.4. The van der Waals surface area contributed by atoms with Crippen LogP contribution >= 0.6 is 0 Å². The summed E-state index contributed by atoms with van der Waals surface area (Å²) in [5.41, 5.74) is 2.21. The van der Waals surface area contributed by atoms with Crippen LogP contribution < -0.4 is 18.9 Å². The summed E-state index contributed by atoms with van der Waals surface area (Å²) in [6.45, 7) is -0.900. The minimum Gasteiger partial charge on any atom is -0.493 e. The lowest BCUT2D eigenvalue weighted by atomic mass is 9.90. The zero-order chi connectivity index (χ0) is 26.7. The van der Waals surface area contributed by atoms with Crippen molar-refractivity contribution < 1.29 is 54.3 Å². The van der Waals surface area contributed by atoms with Gasteiger partial charge in [0.1, 0.15) is 30.5 Å². The lowest BCUT2D eigenvalue weighted by molar-refractivity contribution is -0.277. The maximum atomic E-state index is 10.3. The molecule has 7 atom stereocenters. The molecule has 6 N–H and O–H groups in total. The summed E-state index contributed by atoms with van der Waals surface area (Å²) in [5, 5.41) is 59.1. The van der Waals surface area contributed by atoms with Crippen LogP contribution in [0.2, 0.25) is 0 Å². The Bertz CT molecular complexity index is 1100. The van der Waals surface area contributed by atoms with Gasteiger partial charge < -0.3 is 54.3 Å². The molecule has 37 heavy (non-hydrogen) atoms. The molecule has 11 heteroatoms. The highest BCUT2D eigenvalue weighted by molar-refractivity contribution is 5.62. The van der Waals surface area contributed by atoms with Crippen LogP contribution in [0, 0.1) is 0 Å². The molecule has 1 fully saturated rings. The van der Waals surface area contributed by atoms with Crippen molar-refractivity contribution in [2.24, 2.45) is 0 Å². The standard InChI is InChI=1S/C26H32O11/c1-33-18-10-14(5-6-17(18)35-26-23(32)22(31)21(30)20(12-29)36-26)24-16(11-28)15-8-13(4-3-7-27)9-19(34-2)25(15)37-24/h3-6,8-10,16,20-24,26-32H,7,11-12H2,1-2H3/t16-,20+,21-,22-,23-,24+,26+/m1/s1. The molecule has 2 aliphatic heterocycles. The third-order valence-electron chi connectivity index (χ3n) is 6.56. The summed E-state index contributed by atoms with van der Waals surface area (Å²) in [5.74, 6) is 1.03. The Balaban J connectivity index is 1.61. The Morgan fingerprint density at radius 3 is 2.27 bits per heavy atom. The molecule has 2 heterocycles. The summed E-state index contributed by atoms with van der Waals surface area (Å²) < 4.78 is 28.4. The molecule has 0 radical (unpaired) electrons. The van der Waals surface area contributed by atoms with Crippen LogP contribution in [-0.2, 0) is 4.74 Å². The summed E-state index contributed by atoms with van der Waals surface area (Å²) in [6, 6.07) is 8.60. The Morgan fingerprint density at radius 1 is 0.865 bits per heavy atom. The third kappa shape index (κ3) is 5.25. The van der Waals surface area contributed by atoms with E-state index in [1.807, 2.05) is 6.07 Å². The highest BCUT2D eigenvalue weighted by Crippen LogP contribution is 2.51. The van der Waals surface area contributed by atoms with Gasteiger partial charge in [0.25, 0.3) is 0 Å². The Hall–Kier alpha value is -2.90. The van der Waals surface area contributed by atoms with E-state index in [4.69, 9.17) is 28.8 Å². The Kier molecular flexibility index (Phi) is 8.55. The Labute approximate surface area is 213 Å². The summed E-state index contributed by atoms with van der Waals surface area (Å²) >= 11 is 0. The van der Waals surface area contributed by atoms with Crippen molar-refractivity contribution in [3.63, 3.8) is 0 Å². The van der Waals surface area contributed by atoms with Gasteiger partial charge in [-0.1, -0.05) is 18.2 Å². The second-order valence-corrected chi connectivity index (χ2v) is 8.78. The van der Waals surface area contributed by atoms with Crippen LogP contribution in [0.4, 0.5) is 0 Å². The van der Waals surface area contributed by atoms with Crippen LogP contribution in [0.1, 0.15) is 28.7 Å². The van der Waals surface area contributed by atoms with E-state index in [1.165, 1.54) is 14.2 Å². The first-order valence-electron chi connectivity index (χ1n) is 11.8.